The number of ether oxygens (including phenoxy) is 1. The first-order chi connectivity index (χ1) is 15.4. The minimum Gasteiger partial charge on any atom is -0.394 e. The molecule has 0 radical (unpaired) electrons. The lowest BCUT2D eigenvalue weighted by Gasteiger charge is -2.36. The van der Waals surface area contributed by atoms with E-state index in [9.17, 15) is 14.7 Å². The van der Waals surface area contributed by atoms with E-state index < -0.39 is 0 Å². The smallest absolute Gasteiger partial charge is 0.225 e. The van der Waals surface area contributed by atoms with Gasteiger partial charge in [-0.15, -0.1) is 5.10 Å². The highest BCUT2D eigenvalue weighted by Gasteiger charge is 2.31. The van der Waals surface area contributed by atoms with Gasteiger partial charge in [0.2, 0.25) is 11.8 Å². The number of carbonyl (C=O) groups is 2. The Labute approximate surface area is 191 Å². The first-order valence-corrected chi connectivity index (χ1v) is 12.0. The molecule has 1 aliphatic heterocycles. The Morgan fingerprint density at radius 2 is 2.06 bits per heavy atom. The van der Waals surface area contributed by atoms with Crippen LogP contribution < -0.4 is 0 Å². The molecular formula is C23H39N5O4. The van der Waals surface area contributed by atoms with Gasteiger partial charge < -0.3 is 19.6 Å². The zero-order valence-corrected chi connectivity index (χ0v) is 19.8. The molecule has 180 valence electrons. The largest absolute Gasteiger partial charge is 0.394 e. The van der Waals surface area contributed by atoms with E-state index in [1.807, 2.05) is 14.0 Å². The van der Waals surface area contributed by atoms with Gasteiger partial charge in [-0.1, -0.05) is 31.4 Å². The maximum absolute atomic E-state index is 13.0. The zero-order valence-electron chi connectivity index (χ0n) is 19.8. The highest BCUT2D eigenvalue weighted by atomic mass is 16.5. The summed E-state index contributed by atoms with van der Waals surface area (Å²) in [6.45, 7) is 5.72. The second-order valence-electron chi connectivity index (χ2n) is 9.51. The Morgan fingerprint density at radius 3 is 2.78 bits per heavy atom. The summed E-state index contributed by atoms with van der Waals surface area (Å²) >= 11 is 0. The average molecular weight is 450 g/mol. The van der Waals surface area contributed by atoms with Crippen LogP contribution >= 0.6 is 0 Å². The van der Waals surface area contributed by atoms with Crippen LogP contribution in [0.25, 0.3) is 0 Å². The average Bonchev–Trinajstić information content (AvgIpc) is 3.25. The number of likely N-dealkylation sites (N-methyl/N-ethyl adjacent to an activating group) is 1. The third-order valence-electron chi connectivity index (χ3n) is 6.92. The molecule has 2 amide bonds. The lowest BCUT2D eigenvalue weighted by atomic mass is 9.88. The number of hydrogen-bond acceptors (Lipinski definition) is 6. The predicted octanol–water partition coefficient (Wildman–Crippen LogP) is 1.84. The fourth-order valence-electron chi connectivity index (χ4n) is 4.77. The second-order valence-corrected chi connectivity index (χ2v) is 9.51. The molecule has 1 aromatic rings. The molecule has 0 unspecified atom stereocenters. The molecule has 0 aromatic carbocycles. The highest BCUT2D eigenvalue weighted by molar-refractivity contribution is 5.78. The van der Waals surface area contributed by atoms with E-state index in [1.54, 1.807) is 20.7 Å². The van der Waals surface area contributed by atoms with Crippen molar-refractivity contribution in [1.82, 2.24) is 24.8 Å². The van der Waals surface area contributed by atoms with Crippen LogP contribution in [-0.2, 0) is 27.5 Å². The fraction of sp³-hybridized carbons (Fsp3) is 0.826. The van der Waals surface area contributed by atoms with E-state index in [0.29, 0.717) is 39.1 Å². The SMILES string of the molecule is C[C@@H]1CN([C@@H](C)CO)C(=O)CCCn2nncc2CO[C@H]1CN(C)C(=O)C1CCCCC1. The van der Waals surface area contributed by atoms with Crippen LogP contribution in [0.3, 0.4) is 0 Å². The Hall–Kier alpha value is -2.00. The van der Waals surface area contributed by atoms with E-state index in [-0.39, 0.29) is 42.4 Å². The number of carbonyl (C=O) groups excluding carboxylic acids is 2. The van der Waals surface area contributed by atoms with Crippen LogP contribution in [0.15, 0.2) is 6.20 Å². The van der Waals surface area contributed by atoms with Crippen molar-refractivity contribution in [3.05, 3.63) is 11.9 Å². The monoisotopic (exact) mass is 449 g/mol. The van der Waals surface area contributed by atoms with E-state index >= 15 is 0 Å². The van der Waals surface area contributed by atoms with Gasteiger partial charge in [0, 0.05) is 44.9 Å². The molecule has 0 bridgehead atoms. The normalized spacial score (nSPS) is 24.9. The molecule has 1 aliphatic carbocycles. The Kier molecular flexibility index (Phi) is 9.04. The summed E-state index contributed by atoms with van der Waals surface area (Å²) in [5, 5.41) is 17.8. The molecule has 3 atom stereocenters. The minimum atomic E-state index is -0.267. The number of aryl methyl sites for hydroxylation is 1. The fourth-order valence-corrected chi connectivity index (χ4v) is 4.77. The third-order valence-corrected chi connectivity index (χ3v) is 6.92. The number of aromatic nitrogens is 3. The summed E-state index contributed by atoms with van der Waals surface area (Å²) in [6, 6.07) is -0.267. The summed E-state index contributed by atoms with van der Waals surface area (Å²) in [7, 11) is 1.86. The Balaban J connectivity index is 1.77. The molecule has 1 N–H and O–H groups in total. The summed E-state index contributed by atoms with van der Waals surface area (Å²) in [5.74, 6) is 0.299. The quantitative estimate of drug-likeness (QED) is 0.736. The van der Waals surface area contributed by atoms with Crippen LogP contribution in [0.5, 0.6) is 0 Å². The molecule has 0 spiro atoms. The maximum atomic E-state index is 13.0. The van der Waals surface area contributed by atoms with Gasteiger partial charge in [0.1, 0.15) is 0 Å². The van der Waals surface area contributed by atoms with Crippen LogP contribution in [0, 0.1) is 11.8 Å². The molecule has 0 saturated heterocycles. The summed E-state index contributed by atoms with van der Waals surface area (Å²) in [4.78, 5) is 29.5. The topological polar surface area (TPSA) is 101 Å². The number of amides is 2. The van der Waals surface area contributed by atoms with Crippen molar-refractivity contribution in [2.24, 2.45) is 11.8 Å². The van der Waals surface area contributed by atoms with Crippen LogP contribution in [0.4, 0.5) is 0 Å². The summed E-state index contributed by atoms with van der Waals surface area (Å²) < 4.78 is 8.11. The van der Waals surface area contributed by atoms with Crippen LogP contribution in [0.1, 0.15) is 64.5 Å². The first kappa shape index (κ1) is 24.6. The van der Waals surface area contributed by atoms with E-state index in [4.69, 9.17) is 4.74 Å². The predicted molar refractivity (Wildman–Crippen MR) is 119 cm³/mol. The molecular weight excluding hydrogens is 410 g/mol. The summed E-state index contributed by atoms with van der Waals surface area (Å²) in [6.07, 6.45) is 7.87. The Morgan fingerprint density at radius 1 is 1.31 bits per heavy atom. The molecule has 2 aliphatic rings. The standard InChI is InChI=1S/C23H39N5O4/c1-17-13-27(18(2)15-29)22(30)10-7-11-28-20(12-24-25-28)16-32-21(17)14-26(3)23(31)19-8-5-4-6-9-19/h12,17-19,21,29H,4-11,13-16H2,1-3H3/t17-,18+,21+/m1/s1. The number of aliphatic hydroxyl groups is 1. The van der Waals surface area contributed by atoms with Crippen molar-refractivity contribution in [3.63, 3.8) is 0 Å². The van der Waals surface area contributed by atoms with E-state index in [1.165, 1.54) is 6.42 Å². The number of aliphatic hydroxyl groups excluding tert-OH is 1. The molecule has 32 heavy (non-hydrogen) atoms. The second kappa shape index (κ2) is 11.7. The van der Waals surface area contributed by atoms with Gasteiger partial charge in [-0.2, -0.15) is 0 Å². The lowest BCUT2D eigenvalue weighted by Crippen LogP contribution is -2.48. The number of hydrogen-bond donors (Lipinski definition) is 1. The highest BCUT2D eigenvalue weighted by Crippen LogP contribution is 2.26. The van der Waals surface area contributed by atoms with Gasteiger partial charge in [-0.05, 0) is 26.2 Å². The van der Waals surface area contributed by atoms with Crippen LogP contribution in [0.2, 0.25) is 0 Å². The molecule has 3 rings (SSSR count). The maximum Gasteiger partial charge on any atom is 0.225 e. The third kappa shape index (κ3) is 6.28. The van der Waals surface area contributed by atoms with E-state index in [0.717, 1.165) is 31.4 Å². The summed E-state index contributed by atoms with van der Waals surface area (Å²) in [5.41, 5.74) is 0.872. The van der Waals surface area contributed by atoms with Gasteiger partial charge in [0.25, 0.3) is 0 Å². The van der Waals surface area contributed by atoms with E-state index in [2.05, 4.69) is 17.2 Å². The molecule has 9 nitrogen and oxygen atoms in total. The van der Waals surface area contributed by atoms with Crippen molar-refractivity contribution in [2.45, 2.75) is 84.1 Å². The molecule has 1 aromatic heterocycles. The first-order valence-electron chi connectivity index (χ1n) is 12.0. The van der Waals surface area contributed by atoms with Crippen molar-refractivity contribution >= 4 is 11.8 Å². The van der Waals surface area contributed by atoms with Gasteiger partial charge >= 0.3 is 0 Å². The van der Waals surface area contributed by atoms with Gasteiger partial charge in [-0.25, -0.2) is 4.68 Å². The number of rotatable bonds is 5. The van der Waals surface area contributed by atoms with Gasteiger partial charge in [0.05, 0.1) is 37.3 Å². The minimum absolute atomic E-state index is 0.0155. The molecule has 1 saturated carbocycles. The lowest BCUT2D eigenvalue weighted by molar-refractivity contribution is -0.140. The number of nitrogens with zero attached hydrogens (tertiary/aromatic N) is 5. The molecule has 9 heteroatoms. The van der Waals surface area contributed by atoms with Gasteiger partial charge in [-0.3, -0.25) is 9.59 Å². The zero-order chi connectivity index (χ0) is 23.1. The van der Waals surface area contributed by atoms with Crippen LogP contribution in [-0.4, -0.2) is 80.6 Å². The number of fused-ring (bicyclic) bond motifs is 1. The van der Waals surface area contributed by atoms with Crippen molar-refractivity contribution < 1.29 is 19.4 Å². The Bertz CT molecular complexity index is 749. The van der Waals surface area contributed by atoms with Crippen molar-refractivity contribution in [3.8, 4) is 0 Å². The molecule has 2 heterocycles. The van der Waals surface area contributed by atoms with Gasteiger partial charge in [0.15, 0.2) is 0 Å². The van der Waals surface area contributed by atoms with Crippen molar-refractivity contribution in [1.29, 1.82) is 0 Å². The molecule has 1 fully saturated rings. The van der Waals surface area contributed by atoms with Crippen molar-refractivity contribution in [2.75, 3.05) is 26.7 Å².